The van der Waals surface area contributed by atoms with Crippen molar-refractivity contribution < 1.29 is 4.74 Å². The van der Waals surface area contributed by atoms with E-state index in [1.807, 2.05) is 30.3 Å². The van der Waals surface area contributed by atoms with Gasteiger partial charge in [-0.15, -0.1) is 0 Å². The van der Waals surface area contributed by atoms with E-state index in [2.05, 4.69) is 53.3 Å². The standard InChI is InChI=1S/C17H17BrN2O/c1-12-3-8-17(16(18)11-12)20-13(2)14-4-6-15(7-5-14)21-10-9-19/h3-8,11,13,20H,10H2,1-2H3. The van der Waals surface area contributed by atoms with Crippen molar-refractivity contribution in [3.8, 4) is 11.8 Å². The highest BCUT2D eigenvalue weighted by atomic mass is 79.9. The van der Waals surface area contributed by atoms with E-state index in [0.29, 0.717) is 5.75 Å². The number of anilines is 1. The molecular weight excluding hydrogens is 328 g/mol. The summed E-state index contributed by atoms with van der Waals surface area (Å²) in [6.07, 6.45) is 0. The minimum Gasteiger partial charge on any atom is -0.479 e. The lowest BCUT2D eigenvalue weighted by molar-refractivity contribution is 0.368. The molecule has 0 saturated heterocycles. The van der Waals surface area contributed by atoms with Gasteiger partial charge in [0, 0.05) is 16.2 Å². The quantitative estimate of drug-likeness (QED) is 0.844. The van der Waals surface area contributed by atoms with Crippen LogP contribution in [0.1, 0.15) is 24.1 Å². The second-order valence-electron chi connectivity index (χ2n) is 4.87. The maximum absolute atomic E-state index is 8.49. The minimum absolute atomic E-state index is 0.0729. The summed E-state index contributed by atoms with van der Waals surface area (Å²) in [6, 6.07) is 16.2. The SMILES string of the molecule is Cc1ccc(NC(C)c2ccc(OCC#N)cc2)c(Br)c1. The van der Waals surface area contributed by atoms with Crippen LogP contribution < -0.4 is 10.1 Å². The predicted octanol–water partition coefficient (Wildman–Crippen LogP) is 4.83. The van der Waals surface area contributed by atoms with Gasteiger partial charge >= 0.3 is 0 Å². The van der Waals surface area contributed by atoms with Crippen molar-refractivity contribution in [3.05, 3.63) is 58.1 Å². The first-order valence-corrected chi connectivity index (χ1v) is 7.52. The van der Waals surface area contributed by atoms with Crippen LogP contribution in [0.4, 0.5) is 5.69 Å². The maximum atomic E-state index is 8.49. The molecule has 1 unspecified atom stereocenters. The number of nitrogens with one attached hydrogen (secondary N) is 1. The zero-order valence-electron chi connectivity index (χ0n) is 12.1. The first-order valence-electron chi connectivity index (χ1n) is 6.72. The van der Waals surface area contributed by atoms with Crippen molar-refractivity contribution in [3.63, 3.8) is 0 Å². The van der Waals surface area contributed by atoms with Crippen molar-refractivity contribution in [1.82, 2.24) is 0 Å². The van der Waals surface area contributed by atoms with Crippen LogP contribution >= 0.6 is 15.9 Å². The van der Waals surface area contributed by atoms with E-state index in [4.69, 9.17) is 10.00 Å². The molecule has 0 spiro atoms. The number of nitrogens with zero attached hydrogens (tertiary/aromatic N) is 1. The Kier molecular flexibility index (Phi) is 5.24. The summed E-state index contributed by atoms with van der Waals surface area (Å²) in [7, 11) is 0. The number of benzene rings is 2. The van der Waals surface area contributed by atoms with E-state index in [1.54, 1.807) is 0 Å². The van der Waals surface area contributed by atoms with Crippen LogP contribution in [0.3, 0.4) is 0 Å². The molecule has 1 atom stereocenters. The van der Waals surface area contributed by atoms with Gasteiger partial charge in [0.05, 0.1) is 0 Å². The van der Waals surface area contributed by atoms with Crippen LogP contribution in [0.2, 0.25) is 0 Å². The molecule has 2 aromatic carbocycles. The number of hydrogen-bond acceptors (Lipinski definition) is 3. The summed E-state index contributed by atoms with van der Waals surface area (Å²) >= 11 is 3.58. The fourth-order valence-electron chi connectivity index (χ4n) is 2.02. The molecule has 0 fully saturated rings. The Morgan fingerprint density at radius 1 is 1.24 bits per heavy atom. The summed E-state index contributed by atoms with van der Waals surface area (Å²) in [5, 5.41) is 12.0. The highest BCUT2D eigenvalue weighted by molar-refractivity contribution is 9.10. The van der Waals surface area contributed by atoms with Crippen LogP contribution in [0.25, 0.3) is 0 Å². The maximum Gasteiger partial charge on any atom is 0.174 e. The van der Waals surface area contributed by atoms with Gasteiger partial charge in [0.15, 0.2) is 6.61 Å². The van der Waals surface area contributed by atoms with Crippen LogP contribution in [0.15, 0.2) is 46.9 Å². The van der Waals surface area contributed by atoms with Crippen molar-refractivity contribution in [2.24, 2.45) is 0 Å². The van der Waals surface area contributed by atoms with Gasteiger partial charge in [-0.1, -0.05) is 18.2 Å². The molecule has 0 radical (unpaired) electrons. The molecule has 4 heteroatoms. The molecule has 108 valence electrons. The third kappa shape index (κ3) is 4.24. The smallest absolute Gasteiger partial charge is 0.174 e. The molecule has 0 aliphatic heterocycles. The van der Waals surface area contributed by atoms with Gasteiger partial charge in [0.2, 0.25) is 0 Å². The Balaban J connectivity index is 2.06. The third-order valence-electron chi connectivity index (χ3n) is 3.18. The van der Waals surface area contributed by atoms with E-state index in [0.717, 1.165) is 15.7 Å². The molecule has 0 amide bonds. The highest BCUT2D eigenvalue weighted by Crippen LogP contribution is 2.28. The molecule has 21 heavy (non-hydrogen) atoms. The first kappa shape index (κ1) is 15.4. The molecule has 0 aliphatic rings. The summed E-state index contributed by atoms with van der Waals surface area (Å²) in [5.41, 5.74) is 3.45. The van der Waals surface area contributed by atoms with Crippen molar-refractivity contribution in [2.45, 2.75) is 19.9 Å². The summed E-state index contributed by atoms with van der Waals surface area (Å²) < 4.78 is 6.31. The van der Waals surface area contributed by atoms with Crippen molar-refractivity contribution in [2.75, 3.05) is 11.9 Å². The average molecular weight is 345 g/mol. The van der Waals surface area contributed by atoms with Crippen LogP contribution in [0, 0.1) is 18.3 Å². The fourth-order valence-corrected chi connectivity index (χ4v) is 2.63. The van der Waals surface area contributed by atoms with Crippen molar-refractivity contribution in [1.29, 1.82) is 5.26 Å². The van der Waals surface area contributed by atoms with E-state index in [9.17, 15) is 0 Å². The average Bonchev–Trinajstić information content (AvgIpc) is 2.48. The topological polar surface area (TPSA) is 45.0 Å². The number of nitriles is 1. The van der Waals surface area contributed by atoms with Crippen LogP contribution in [-0.2, 0) is 0 Å². The Morgan fingerprint density at radius 3 is 2.57 bits per heavy atom. The number of ether oxygens (including phenoxy) is 1. The van der Waals surface area contributed by atoms with E-state index in [1.165, 1.54) is 5.56 Å². The number of rotatable bonds is 5. The monoisotopic (exact) mass is 344 g/mol. The van der Waals surface area contributed by atoms with Gasteiger partial charge in [-0.2, -0.15) is 5.26 Å². The largest absolute Gasteiger partial charge is 0.479 e. The molecule has 0 aliphatic carbocycles. The molecule has 3 nitrogen and oxygen atoms in total. The second kappa shape index (κ2) is 7.14. The lowest BCUT2D eigenvalue weighted by atomic mass is 10.1. The number of hydrogen-bond donors (Lipinski definition) is 1. The second-order valence-corrected chi connectivity index (χ2v) is 5.72. The van der Waals surface area contributed by atoms with Gasteiger partial charge < -0.3 is 10.1 Å². The zero-order chi connectivity index (χ0) is 15.2. The molecule has 0 bridgehead atoms. The highest BCUT2D eigenvalue weighted by Gasteiger charge is 2.08. The normalized spacial score (nSPS) is 11.5. The van der Waals surface area contributed by atoms with Gasteiger partial charge in [0.1, 0.15) is 11.8 Å². The minimum atomic E-state index is 0.0729. The van der Waals surface area contributed by atoms with E-state index in [-0.39, 0.29) is 12.6 Å². The van der Waals surface area contributed by atoms with Crippen LogP contribution in [0.5, 0.6) is 5.75 Å². The van der Waals surface area contributed by atoms with E-state index < -0.39 is 0 Å². The van der Waals surface area contributed by atoms with Gasteiger partial charge in [0.25, 0.3) is 0 Å². The molecule has 1 N–H and O–H groups in total. The Labute approximate surface area is 133 Å². The zero-order valence-corrected chi connectivity index (χ0v) is 13.6. The summed E-state index contributed by atoms with van der Waals surface area (Å²) in [4.78, 5) is 0. The van der Waals surface area contributed by atoms with Crippen molar-refractivity contribution >= 4 is 21.6 Å². The summed E-state index contributed by atoms with van der Waals surface area (Å²) in [5.74, 6) is 0.712. The molecule has 2 rings (SSSR count). The van der Waals surface area contributed by atoms with Gasteiger partial charge in [-0.05, 0) is 65.2 Å². The number of halogens is 1. The summed E-state index contributed by atoms with van der Waals surface area (Å²) in [6.45, 7) is 4.25. The number of aryl methyl sites for hydroxylation is 1. The molecule has 2 aromatic rings. The molecule has 0 saturated carbocycles. The molecule has 0 heterocycles. The Morgan fingerprint density at radius 2 is 1.95 bits per heavy atom. The Bertz CT molecular complexity index is 647. The van der Waals surface area contributed by atoms with Gasteiger partial charge in [-0.25, -0.2) is 0 Å². The predicted molar refractivity (Wildman–Crippen MR) is 88.5 cm³/mol. The first-order chi connectivity index (χ1) is 10.1. The lowest BCUT2D eigenvalue weighted by Gasteiger charge is -2.17. The molecular formula is C17H17BrN2O. The van der Waals surface area contributed by atoms with Gasteiger partial charge in [-0.3, -0.25) is 0 Å². The van der Waals surface area contributed by atoms with Crippen LogP contribution in [-0.4, -0.2) is 6.61 Å². The fraction of sp³-hybridized carbons (Fsp3) is 0.235. The Hall–Kier alpha value is -1.99. The molecule has 0 aromatic heterocycles. The van der Waals surface area contributed by atoms with E-state index >= 15 is 0 Å². The third-order valence-corrected chi connectivity index (χ3v) is 3.84. The lowest BCUT2D eigenvalue weighted by Crippen LogP contribution is -2.07.